The second-order valence-corrected chi connectivity index (χ2v) is 5.34. The van der Waals surface area contributed by atoms with Crippen molar-refractivity contribution in [1.29, 1.82) is 0 Å². The topological polar surface area (TPSA) is 42.1 Å². The Morgan fingerprint density at radius 1 is 1.35 bits per heavy atom. The molecule has 1 aromatic carbocycles. The minimum atomic E-state index is 0.234. The number of aryl methyl sites for hydroxylation is 1. The Hall–Kier alpha value is -1.04. The first-order chi connectivity index (χ1) is 8.22. The molecule has 17 heavy (non-hydrogen) atoms. The van der Waals surface area contributed by atoms with Gasteiger partial charge in [-0.05, 0) is 53.1 Å². The lowest BCUT2D eigenvalue weighted by Gasteiger charge is -2.09. The number of aromatic nitrogens is 1. The summed E-state index contributed by atoms with van der Waals surface area (Å²) in [7, 11) is 1.66. The van der Waals surface area contributed by atoms with Crippen LogP contribution in [0.4, 0.5) is 0 Å². The van der Waals surface area contributed by atoms with Crippen molar-refractivity contribution < 1.29 is 9.53 Å². The van der Waals surface area contributed by atoms with Crippen molar-refractivity contribution in [2.45, 2.75) is 19.3 Å². The molecule has 0 aliphatic heterocycles. The Kier molecular flexibility index (Phi) is 2.61. The monoisotopic (exact) mass is 341 g/mol. The van der Waals surface area contributed by atoms with Crippen LogP contribution in [0.2, 0.25) is 0 Å². The summed E-state index contributed by atoms with van der Waals surface area (Å²) in [5.74, 6) is 1.08. The second kappa shape index (κ2) is 4.01. The van der Waals surface area contributed by atoms with Crippen molar-refractivity contribution in [2.24, 2.45) is 0 Å². The van der Waals surface area contributed by atoms with E-state index in [1.54, 1.807) is 7.11 Å². The van der Waals surface area contributed by atoms with E-state index >= 15 is 0 Å². The Morgan fingerprint density at radius 3 is 2.94 bits per heavy atom. The lowest BCUT2D eigenvalue weighted by atomic mass is 9.95. The third-order valence-electron chi connectivity index (χ3n) is 3.31. The van der Waals surface area contributed by atoms with E-state index in [1.165, 1.54) is 10.9 Å². The lowest BCUT2D eigenvalue weighted by molar-refractivity contribution is 0.0968. The molecular weight excluding hydrogens is 329 g/mol. The molecule has 0 spiro atoms. The number of ketones is 1. The van der Waals surface area contributed by atoms with Gasteiger partial charge in [-0.2, -0.15) is 0 Å². The van der Waals surface area contributed by atoms with Crippen LogP contribution in [0.1, 0.15) is 28.9 Å². The average Bonchev–Trinajstić information content (AvgIpc) is 2.71. The molecule has 1 heterocycles. The van der Waals surface area contributed by atoms with Crippen LogP contribution >= 0.6 is 22.6 Å². The summed E-state index contributed by atoms with van der Waals surface area (Å²) in [4.78, 5) is 15.1. The van der Waals surface area contributed by atoms with Crippen LogP contribution < -0.4 is 4.74 Å². The van der Waals surface area contributed by atoms with Gasteiger partial charge in [0.25, 0.3) is 0 Å². The first kappa shape index (κ1) is 11.1. The van der Waals surface area contributed by atoms with Gasteiger partial charge < -0.3 is 9.72 Å². The van der Waals surface area contributed by atoms with E-state index in [2.05, 4.69) is 27.6 Å². The fraction of sp³-hybridized carbons (Fsp3) is 0.308. The largest absolute Gasteiger partial charge is 0.496 e. The molecule has 0 amide bonds. The predicted octanol–water partition coefficient (Wildman–Crippen LogP) is 3.30. The first-order valence-electron chi connectivity index (χ1n) is 5.62. The lowest BCUT2D eigenvalue weighted by Crippen LogP contribution is -2.09. The first-order valence-corrected chi connectivity index (χ1v) is 6.70. The molecular formula is C13H12INO2. The van der Waals surface area contributed by atoms with Crippen LogP contribution in [0.3, 0.4) is 0 Å². The quantitative estimate of drug-likeness (QED) is 0.809. The maximum Gasteiger partial charge on any atom is 0.179 e. The van der Waals surface area contributed by atoms with E-state index < -0.39 is 0 Å². The van der Waals surface area contributed by atoms with E-state index in [1.807, 2.05) is 12.1 Å². The highest BCUT2D eigenvalue weighted by Crippen LogP contribution is 2.35. The maximum atomic E-state index is 11.9. The number of fused-ring (bicyclic) bond motifs is 3. The second-order valence-electron chi connectivity index (χ2n) is 4.26. The highest BCUT2D eigenvalue weighted by Gasteiger charge is 2.23. The Balaban J connectivity index is 2.34. The van der Waals surface area contributed by atoms with Crippen molar-refractivity contribution in [2.75, 3.05) is 7.11 Å². The molecule has 1 aromatic heterocycles. The molecule has 1 aliphatic carbocycles. The number of aromatic amines is 1. The van der Waals surface area contributed by atoms with Crippen LogP contribution in [0.15, 0.2) is 12.1 Å². The molecule has 0 atom stereocenters. The van der Waals surface area contributed by atoms with Gasteiger partial charge in [-0.3, -0.25) is 4.79 Å². The molecule has 0 fully saturated rings. The zero-order valence-corrected chi connectivity index (χ0v) is 11.6. The van der Waals surface area contributed by atoms with Crippen LogP contribution in [0.25, 0.3) is 10.9 Å². The number of benzene rings is 1. The third-order valence-corrected chi connectivity index (χ3v) is 4.38. The Morgan fingerprint density at radius 2 is 2.18 bits per heavy atom. The summed E-state index contributed by atoms with van der Waals surface area (Å²) < 4.78 is 6.35. The van der Waals surface area contributed by atoms with Gasteiger partial charge in [0.15, 0.2) is 5.78 Å². The van der Waals surface area contributed by atoms with E-state index in [-0.39, 0.29) is 5.78 Å². The molecule has 88 valence electrons. The highest BCUT2D eigenvalue weighted by atomic mass is 127. The number of H-pyrrole nitrogens is 1. The number of halogens is 1. The smallest absolute Gasteiger partial charge is 0.179 e. The highest BCUT2D eigenvalue weighted by molar-refractivity contribution is 14.1. The fourth-order valence-corrected chi connectivity index (χ4v) is 3.30. The molecule has 0 unspecified atom stereocenters. The van der Waals surface area contributed by atoms with Gasteiger partial charge in [0.2, 0.25) is 0 Å². The van der Waals surface area contributed by atoms with E-state index in [4.69, 9.17) is 4.74 Å². The van der Waals surface area contributed by atoms with Crippen molar-refractivity contribution in [3.63, 3.8) is 0 Å². The van der Waals surface area contributed by atoms with Crippen molar-refractivity contribution >= 4 is 39.3 Å². The standard InChI is InChI=1S/C13H12INO2/c1-17-10-6-5-8-7-3-2-4-9(16)12(7)15-13(8)11(10)14/h5-6,15H,2-4H2,1H3. The van der Waals surface area contributed by atoms with Crippen LogP contribution in [0.5, 0.6) is 5.75 Å². The third kappa shape index (κ3) is 1.57. The summed E-state index contributed by atoms with van der Waals surface area (Å²) >= 11 is 2.26. The summed E-state index contributed by atoms with van der Waals surface area (Å²) in [5.41, 5.74) is 3.01. The average molecular weight is 341 g/mol. The summed E-state index contributed by atoms with van der Waals surface area (Å²) in [5, 5.41) is 1.17. The van der Waals surface area contributed by atoms with Crippen molar-refractivity contribution in [1.82, 2.24) is 4.98 Å². The molecule has 0 radical (unpaired) electrons. The molecule has 2 aromatic rings. The van der Waals surface area contributed by atoms with Gasteiger partial charge in [-0.15, -0.1) is 0 Å². The van der Waals surface area contributed by atoms with Crippen LogP contribution in [0, 0.1) is 3.57 Å². The summed E-state index contributed by atoms with van der Waals surface area (Å²) in [6.45, 7) is 0. The zero-order valence-electron chi connectivity index (χ0n) is 9.47. The minimum absolute atomic E-state index is 0.234. The molecule has 0 bridgehead atoms. The molecule has 4 heteroatoms. The molecule has 1 aliphatic rings. The van der Waals surface area contributed by atoms with E-state index in [0.29, 0.717) is 6.42 Å². The van der Waals surface area contributed by atoms with Crippen molar-refractivity contribution in [3.05, 3.63) is 27.0 Å². The summed E-state index contributed by atoms with van der Waals surface area (Å²) in [6.07, 6.45) is 2.61. The molecule has 3 nitrogen and oxygen atoms in total. The summed E-state index contributed by atoms with van der Waals surface area (Å²) in [6, 6.07) is 4.02. The SMILES string of the molecule is COc1ccc2c3c([nH]c2c1I)C(=O)CCC3. The number of carbonyl (C=O) groups is 1. The molecule has 0 saturated heterocycles. The van der Waals surface area contributed by atoms with Gasteiger partial charge in [0, 0.05) is 11.8 Å². The van der Waals surface area contributed by atoms with Crippen LogP contribution in [-0.2, 0) is 6.42 Å². The van der Waals surface area contributed by atoms with Gasteiger partial charge in [0.05, 0.1) is 21.9 Å². The molecule has 1 N–H and O–H groups in total. The van der Waals surface area contributed by atoms with Gasteiger partial charge >= 0.3 is 0 Å². The number of hydrogen-bond acceptors (Lipinski definition) is 2. The molecule has 0 saturated carbocycles. The Bertz CT molecular complexity index is 615. The molecule has 3 rings (SSSR count). The number of rotatable bonds is 1. The maximum absolute atomic E-state index is 11.9. The number of hydrogen-bond donors (Lipinski definition) is 1. The number of ether oxygens (including phenoxy) is 1. The minimum Gasteiger partial charge on any atom is -0.496 e. The predicted molar refractivity (Wildman–Crippen MR) is 74.8 cm³/mol. The number of carbonyl (C=O) groups excluding carboxylic acids is 1. The number of Topliss-reactive ketones (excluding diaryl/α,β-unsaturated/α-hetero) is 1. The zero-order chi connectivity index (χ0) is 12.0. The fourth-order valence-electron chi connectivity index (χ4n) is 2.47. The van der Waals surface area contributed by atoms with Gasteiger partial charge in [0.1, 0.15) is 5.75 Å². The normalized spacial score (nSPS) is 15.1. The van der Waals surface area contributed by atoms with E-state index in [9.17, 15) is 4.79 Å². The number of methoxy groups -OCH3 is 1. The van der Waals surface area contributed by atoms with Gasteiger partial charge in [-0.25, -0.2) is 0 Å². The van der Waals surface area contributed by atoms with E-state index in [0.717, 1.165) is 33.4 Å². The van der Waals surface area contributed by atoms with Crippen molar-refractivity contribution in [3.8, 4) is 5.75 Å². The van der Waals surface area contributed by atoms with Gasteiger partial charge in [-0.1, -0.05) is 0 Å². The van der Waals surface area contributed by atoms with Crippen LogP contribution in [-0.4, -0.2) is 17.9 Å². The number of nitrogens with one attached hydrogen (secondary N) is 1. The Labute approximate surface area is 113 Å².